The lowest BCUT2D eigenvalue weighted by Gasteiger charge is -2.14. The van der Waals surface area contributed by atoms with Gasteiger partial charge in [-0.1, -0.05) is 6.07 Å². The third-order valence-electron chi connectivity index (χ3n) is 5.89. The van der Waals surface area contributed by atoms with Crippen LogP contribution in [0, 0.1) is 5.92 Å². The highest BCUT2D eigenvalue weighted by Crippen LogP contribution is 2.32. The first-order chi connectivity index (χ1) is 17.2. The fourth-order valence-electron chi connectivity index (χ4n) is 3.81. The molecule has 3 aromatic rings. The summed E-state index contributed by atoms with van der Waals surface area (Å²) >= 11 is 1.66. The highest BCUT2D eigenvalue weighted by atomic mass is 32.1. The molecule has 3 aromatic heterocycles. The molecule has 0 unspecified atom stereocenters. The van der Waals surface area contributed by atoms with Crippen LogP contribution in [0.1, 0.15) is 41.0 Å². The first-order valence-corrected chi connectivity index (χ1v) is 12.5. The van der Waals surface area contributed by atoms with E-state index in [1.807, 2.05) is 36.0 Å². The largest absolute Gasteiger partial charge is 0.490 e. The van der Waals surface area contributed by atoms with Crippen LogP contribution in [-0.2, 0) is 17.9 Å². The minimum atomic E-state index is -5.08. The first kappa shape index (κ1) is 25.7. The lowest BCUT2D eigenvalue weighted by molar-refractivity contribution is -0.192. The normalized spacial score (nSPS) is 15.4. The Morgan fingerprint density at radius 1 is 1.14 bits per heavy atom. The standard InChI is InChI=1S/C22H25N5OS.C2HF3O2/c28-21(23-13-19-4-3-9-29-19)20-10-17(15-27(20)14-16-5-6-16)18-11-24-22(25-12-18)26-7-1-2-8-26;3-2(4,5)1(6)7/h3-4,9-12,15-16H,1-2,5-8,13-14H2,(H,23,28);(H,6,7). The van der Waals surface area contributed by atoms with Crippen LogP contribution in [0.3, 0.4) is 0 Å². The number of carboxylic acid groups (broad SMARTS) is 1. The van der Waals surface area contributed by atoms with Crippen LogP contribution in [0.5, 0.6) is 0 Å². The highest BCUT2D eigenvalue weighted by molar-refractivity contribution is 7.09. The predicted octanol–water partition coefficient (Wildman–Crippen LogP) is 4.58. The number of carbonyl (C=O) groups is 2. The minimum Gasteiger partial charge on any atom is -0.475 e. The number of amides is 1. The van der Waals surface area contributed by atoms with Gasteiger partial charge in [-0.25, -0.2) is 14.8 Å². The van der Waals surface area contributed by atoms with Crippen LogP contribution in [0.15, 0.2) is 42.2 Å². The second kappa shape index (κ2) is 11.1. The molecular weight excluding hydrogens is 495 g/mol. The highest BCUT2D eigenvalue weighted by Gasteiger charge is 2.38. The second-order valence-corrected chi connectivity index (χ2v) is 9.77. The molecule has 8 nitrogen and oxygen atoms in total. The van der Waals surface area contributed by atoms with Crippen molar-refractivity contribution in [2.75, 3.05) is 18.0 Å². The van der Waals surface area contributed by atoms with E-state index in [0.29, 0.717) is 18.2 Å². The number of aromatic nitrogens is 3. The number of halogens is 3. The number of alkyl halides is 3. The summed E-state index contributed by atoms with van der Waals surface area (Å²) in [5.41, 5.74) is 2.67. The smallest absolute Gasteiger partial charge is 0.475 e. The van der Waals surface area contributed by atoms with Gasteiger partial charge in [0.2, 0.25) is 5.95 Å². The lowest BCUT2D eigenvalue weighted by Crippen LogP contribution is -2.25. The molecule has 1 saturated heterocycles. The molecule has 1 saturated carbocycles. The summed E-state index contributed by atoms with van der Waals surface area (Å²) in [6.07, 6.45) is 5.66. The topological polar surface area (TPSA) is 100 Å². The summed E-state index contributed by atoms with van der Waals surface area (Å²) in [5, 5.41) is 12.2. The van der Waals surface area contributed by atoms with Crippen molar-refractivity contribution < 1.29 is 27.9 Å². The summed E-state index contributed by atoms with van der Waals surface area (Å²) < 4.78 is 33.8. The Morgan fingerprint density at radius 3 is 2.36 bits per heavy atom. The number of nitrogens with zero attached hydrogens (tertiary/aromatic N) is 4. The van der Waals surface area contributed by atoms with Crippen LogP contribution in [0.4, 0.5) is 19.1 Å². The van der Waals surface area contributed by atoms with E-state index < -0.39 is 12.1 Å². The molecule has 0 atom stereocenters. The van der Waals surface area contributed by atoms with Crippen molar-refractivity contribution in [3.05, 3.63) is 52.7 Å². The van der Waals surface area contributed by atoms with Crippen molar-refractivity contribution in [1.82, 2.24) is 19.9 Å². The lowest BCUT2D eigenvalue weighted by atomic mass is 10.2. The average molecular weight is 522 g/mol. The number of rotatable bonds is 7. The molecular formula is C24H26F3N5O3S. The Morgan fingerprint density at radius 2 is 1.81 bits per heavy atom. The predicted molar refractivity (Wildman–Crippen MR) is 129 cm³/mol. The van der Waals surface area contributed by atoms with Crippen molar-refractivity contribution in [2.45, 2.75) is 44.9 Å². The molecule has 2 N–H and O–H groups in total. The summed E-state index contributed by atoms with van der Waals surface area (Å²) in [6.45, 7) is 3.53. The van der Waals surface area contributed by atoms with Crippen LogP contribution >= 0.6 is 11.3 Å². The van der Waals surface area contributed by atoms with Gasteiger partial charge >= 0.3 is 12.1 Å². The van der Waals surface area contributed by atoms with Gasteiger partial charge in [-0.05, 0) is 49.1 Å². The quantitative estimate of drug-likeness (QED) is 0.472. The molecule has 1 amide bonds. The average Bonchev–Trinajstić information content (AvgIpc) is 3.27. The van der Waals surface area contributed by atoms with E-state index in [0.717, 1.165) is 41.6 Å². The van der Waals surface area contributed by atoms with E-state index in [1.54, 1.807) is 11.3 Å². The third kappa shape index (κ3) is 6.84. The third-order valence-corrected chi connectivity index (χ3v) is 6.76. The molecule has 0 bridgehead atoms. The zero-order chi connectivity index (χ0) is 25.7. The summed E-state index contributed by atoms with van der Waals surface area (Å²) in [4.78, 5) is 34.3. The summed E-state index contributed by atoms with van der Waals surface area (Å²) in [6, 6.07) is 6.02. The van der Waals surface area contributed by atoms with Gasteiger partial charge in [0.15, 0.2) is 0 Å². The van der Waals surface area contributed by atoms with E-state index in [1.165, 1.54) is 25.7 Å². The van der Waals surface area contributed by atoms with Gasteiger partial charge in [0.1, 0.15) is 5.69 Å². The monoisotopic (exact) mass is 521 g/mol. The Balaban J connectivity index is 0.000000384. The van der Waals surface area contributed by atoms with Gasteiger partial charge in [0.25, 0.3) is 5.91 Å². The zero-order valence-electron chi connectivity index (χ0n) is 19.4. The Bertz CT molecular complexity index is 1170. The molecule has 192 valence electrons. The van der Waals surface area contributed by atoms with E-state index in [9.17, 15) is 18.0 Å². The Kier molecular flexibility index (Phi) is 7.92. The molecule has 1 aliphatic heterocycles. The van der Waals surface area contributed by atoms with Crippen LogP contribution in [0.2, 0.25) is 0 Å². The fourth-order valence-corrected chi connectivity index (χ4v) is 4.45. The fraction of sp³-hybridized carbons (Fsp3) is 0.417. The maximum atomic E-state index is 12.9. The Hall–Kier alpha value is -3.41. The van der Waals surface area contributed by atoms with Crippen LogP contribution in [-0.4, -0.2) is 50.8 Å². The van der Waals surface area contributed by atoms with Gasteiger partial charge in [0, 0.05) is 54.2 Å². The van der Waals surface area contributed by atoms with Crippen molar-refractivity contribution in [1.29, 1.82) is 0 Å². The SMILES string of the molecule is O=C(NCc1cccs1)c1cc(-c2cnc(N3CCCC3)nc2)cn1CC1CC1.O=C(O)C(F)(F)F. The van der Waals surface area contributed by atoms with Crippen molar-refractivity contribution in [3.63, 3.8) is 0 Å². The number of aliphatic carboxylic acids is 1. The van der Waals surface area contributed by atoms with E-state index in [4.69, 9.17) is 9.90 Å². The molecule has 36 heavy (non-hydrogen) atoms. The molecule has 0 radical (unpaired) electrons. The molecule has 0 aromatic carbocycles. The zero-order valence-corrected chi connectivity index (χ0v) is 20.2. The van der Waals surface area contributed by atoms with Gasteiger partial charge in [-0.15, -0.1) is 11.3 Å². The van der Waals surface area contributed by atoms with E-state index in [2.05, 4.69) is 30.9 Å². The van der Waals surface area contributed by atoms with Crippen LogP contribution < -0.4 is 10.2 Å². The molecule has 0 spiro atoms. The number of nitrogens with one attached hydrogen (secondary N) is 1. The van der Waals surface area contributed by atoms with Gasteiger partial charge in [-0.3, -0.25) is 4.79 Å². The number of carbonyl (C=O) groups excluding carboxylic acids is 1. The molecule has 12 heteroatoms. The Labute approximate surface area is 209 Å². The number of anilines is 1. The second-order valence-electron chi connectivity index (χ2n) is 8.74. The maximum absolute atomic E-state index is 12.9. The molecule has 2 aliphatic rings. The van der Waals surface area contributed by atoms with E-state index >= 15 is 0 Å². The van der Waals surface area contributed by atoms with Gasteiger partial charge < -0.3 is 19.9 Å². The number of hydrogen-bond donors (Lipinski definition) is 2. The van der Waals surface area contributed by atoms with Crippen LogP contribution in [0.25, 0.3) is 11.1 Å². The summed E-state index contributed by atoms with van der Waals surface area (Å²) in [5.74, 6) is -1.29. The van der Waals surface area contributed by atoms with Crippen molar-refractivity contribution in [3.8, 4) is 11.1 Å². The van der Waals surface area contributed by atoms with E-state index in [-0.39, 0.29) is 5.91 Å². The first-order valence-electron chi connectivity index (χ1n) is 11.6. The molecule has 5 rings (SSSR count). The number of hydrogen-bond acceptors (Lipinski definition) is 6. The number of thiophene rings is 1. The minimum absolute atomic E-state index is 0.0279. The molecule has 4 heterocycles. The maximum Gasteiger partial charge on any atom is 0.490 e. The molecule has 2 fully saturated rings. The van der Waals surface area contributed by atoms with Crippen molar-refractivity contribution >= 4 is 29.2 Å². The van der Waals surface area contributed by atoms with Gasteiger partial charge in [-0.2, -0.15) is 13.2 Å². The van der Waals surface area contributed by atoms with Gasteiger partial charge in [0.05, 0.1) is 6.54 Å². The number of carboxylic acids is 1. The van der Waals surface area contributed by atoms with Crippen molar-refractivity contribution in [2.24, 2.45) is 5.92 Å². The summed E-state index contributed by atoms with van der Waals surface area (Å²) in [7, 11) is 0. The molecule has 1 aliphatic carbocycles.